The Morgan fingerprint density at radius 1 is 1.37 bits per heavy atom. The number of nitrogens with one attached hydrogen (secondary N) is 1. The largest absolute Gasteiger partial charge is 0.395 e. The smallest absolute Gasteiger partial charge is 0.276 e. The molecule has 0 radical (unpaired) electrons. The molecule has 1 saturated heterocycles. The van der Waals surface area contributed by atoms with E-state index in [-0.39, 0.29) is 5.91 Å². The van der Waals surface area contributed by atoms with Gasteiger partial charge in [-0.3, -0.25) is 9.89 Å². The van der Waals surface area contributed by atoms with Crippen molar-refractivity contribution in [2.45, 2.75) is 25.7 Å². The molecule has 1 aliphatic heterocycles. The van der Waals surface area contributed by atoms with Crippen LogP contribution in [-0.4, -0.2) is 58.6 Å². The number of hydrogen-bond acceptors (Lipinski definition) is 4. The highest BCUT2D eigenvalue weighted by molar-refractivity contribution is 5.97. The molecule has 1 aliphatic carbocycles. The Balaban J connectivity index is 1.70. The van der Waals surface area contributed by atoms with Crippen LogP contribution in [0.25, 0.3) is 0 Å². The Bertz CT molecular complexity index is 471. The molecule has 3 N–H and O–H groups in total. The van der Waals surface area contributed by atoms with E-state index in [1.165, 1.54) is 0 Å². The molecule has 0 atom stereocenters. The zero-order chi connectivity index (χ0) is 13.4. The van der Waals surface area contributed by atoms with Crippen molar-refractivity contribution in [2.24, 2.45) is 0 Å². The molecule has 1 aromatic rings. The summed E-state index contributed by atoms with van der Waals surface area (Å²) in [5, 5.41) is 7.08. The molecule has 6 heteroatoms. The summed E-state index contributed by atoms with van der Waals surface area (Å²) in [5.41, 5.74) is 7.98. The lowest BCUT2D eigenvalue weighted by molar-refractivity contribution is 0.0638. The molecule has 1 saturated carbocycles. The van der Waals surface area contributed by atoms with Crippen molar-refractivity contribution < 1.29 is 4.79 Å². The van der Waals surface area contributed by atoms with Gasteiger partial charge in [0.25, 0.3) is 5.91 Å². The van der Waals surface area contributed by atoms with Crippen LogP contribution in [0.2, 0.25) is 0 Å². The van der Waals surface area contributed by atoms with Gasteiger partial charge >= 0.3 is 0 Å². The van der Waals surface area contributed by atoms with E-state index in [1.54, 1.807) is 0 Å². The van der Waals surface area contributed by atoms with Gasteiger partial charge in [-0.15, -0.1) is 0 Å². The van der Waals surface area contributed by atoms with Gasteiger partial charge in [-0.05, 0) is 19.4 Å². The number of carbonyl (C=O) groups excluding carboxylic acids is 1. The van der Waals surface area contributed by atoms with Gasteiger partial charge in [0, 0.05) is 32.1 Å². The van der Waals surface area contributed by atoms with Gasteiger partial charge in [-0.25, -0.2) is 0 Å². The highest BCUT2D eigenvalue weighted by atomic mass is 16.2. The number of nitrogen functional groups attached to an aromatic ring is 1. The third kappa shape index (κ3) is 2.32. The molecule has 19 heavy (non-hydrogen) atoms. The molecule has 0 bridgehead atoms. The maximum atomic E-state index is 12.4. The van der Waals surface area contributed by atoms with Gasteiger partial charge in [-0.2, -0.15) is 5.10 Å². The topological polar surface area (TPSA) is 78.2 Å². The number of nitrogens with zero attached hydrogens (tertiary/aromatic N) is 3. The summed E-state index contributed by atoms with van der Waals surface area (Å²) >= 11 is 0. The molecule has 104 valence electrons. The van der Waals surface area contributed by atoms with Crippen LogP contribution in [0, 0.1) is 0 Å². The van der Waals surface area contributed by atoms with Gasteiger partial charge in [0.15, 0.2) is 5.69 Å². The number of rotatable bonds is 3. The standard InChI is InChI=1S/C13H21N5O/c1-2-17-5-7-18(8-6-17)13(19)12-10(14)11(15-16-12)9-3-4-9/h9H,2-8,14H2,1H3,(H,15,16). The fourth-order valence-corrected chi connectivity index (χ4v) is 2.63. The number of amides is 1. The molecular weight excluding hydrogens is 242 g/mol. The maximum absolute atomic E-state index is 12.4. The minimum absolute atomic E-state index is 0.0311. The summed E-state index contributed by atoms with van der Waals surface area (Å²) in [4.78, 5) is 16.6. The number of aromatic amines is 1. The molecule has 6 nitrogen and oxygen atoms in total. The molecular formula is C13H21N5O. The van der Waals surface area contributed by atoms with Gasteiger partial charge < -0.3 is 15.5 Å². The fraction of sp³-hybridized carbons (Fsp3) is 0.692. The summed E-state index contributed by atoms with van der Waals surface area (Å²) in [6.45, 7) is 6.57. The Kier molecular flexibility index (Phi) is 3.18. The van der Waals surface area contributed by atoms with Crippen LogP contribution < -0.4 is 5.73 Å². The lowest BCUT2D eigenvalue weighted by Gasteiger charge is -2.33. The van der Waals surface area contributed by atoms with E-state index in [0.29, 0.717) is 17.3 Å². The van der Waals surface area contributed by atoms with Crippen LogP contribution in [0.5, 0.6) is 0 Å². The highest BCUT2D eigenvalue weighted by Gasteiger charge is 2.32. The summed E-state index contributed by atoms with van der Waals surface area (Å²) in [6.07, 6.45) is 2.30. The molecule has 1 aromatic heterocycles. The fourth-order valence-electron chi connectivity index (χ4n) is 2.63. The first-order valence-electron chi connectivity index (χ1n) is 7.06. The number of aromatic nitrogens is 2. The van der Waals surface area contributed by atoms with E-state index >= 15 is 0 Å². The van der Waals surface area contributed by atoms with E-state index in [1.807, 2.05) is 4.90 Å². The predicted molar refractivity (Wildman–Crippen MR) is 73.0 cm³/mol. The zero-order valence-corrected chi connectivity index (χ0v) is 11.4. The van der Waals surface area contributed by atoms with Crippen LogP contribution in [0.15, 0.2) is 0 Å². The van der Waals surface area contributed by atoms with Gasteiger partial charge in [-0.1, -0.05) is 6.92 Å². The third-order valence-electron chi connectivity index (χ3n) is 4.13. The summed E-state index contributed by atoms with van der Waals surface area (Å²) in [7, 11) is 0. The second kappa shape index (κ2) is 4.85. The Morgan fingerprint density at radius 2 is 2.05 bits per heavy atom. The maximum Gasteiger partial charge on any atom is 0.276 e. The quantitative estimate of drug-likeness (QED) is 0.839. The number of hydrogen-bond donors (Lipinski definition) is 2. The van der Waals surface area contributed by atoms with Crippen LogP contribution in [0.4, 0.5) is 5.69 Å². The van der Waals surface area contributed by atoms with Crippen molar-refractivity contribution in [3.05, 3.63) is 11.4 Å². The average Bonchev–Trinajstić information content (AvgIpc) is 3.21. The van der Waals surface area contributed by atoms with E-state index < -0.39 is 0 Å². The Labute approximate surface area is 112 Å². The molecule has 0 unspecified atom stereocenters. The van der Waals surface area contributed by atoms with E-state index in [2.05, 4.69) is 22.0 Å². The summed E-state index contributed by atoms with van der Waals surface area (Å²) in [6, 6.07) is 0. The number of carbonyl (C=O) groups is 1. The molecule has 2 fully saturated rings. The molecule has 2 aliphatic rings. The van der Waals surface area contributed by atoms with Crippen LogP contribution >= 0.6 is 0 Å². The van der Waals surface area contributed by atoms with Gasteiger partial charge in [0.05, 0.1) is 11.4 Å². The van der Waals surface area contributed by atoms with Crippen molar-refractivity contribution in [1.82, 2.24) is 20.0 Å². The molecule has 1 amide bonds. The zero-order valence-electron chi connectivity index (χ0n) is 11.4. The second-order valence-corrected chi connectivity index (χ2v) is 5.40. The lowest BCUT2D eigenvalue weighted by Crippen LogP contribution is -2.48. The highest BCUT2D eigenvalue weighted by Crippen LogP contribution is 2.42. The van der Waals surface area contributed by atoms with Crippen molar-refractivity contribution in [2.75, 3.05) is 38.5 Å². The SMILES string of the molecule is CCN1CCN(C(=O)c2n[nH]c(C3CC3)c2N)CC1. The summed E-state index contributed by atoms with van der Waals surface area (Å²) < 4.78 is 0. The monoisotopic (exact) mass is 263 g/mol. The number of likely N-dealkylation sites (N-methyl/N-ethyl adjacent to an activating group) is 1. The molecule has 0 aromatic carbocycles. The average molecular weight is 263 g/mol. The first-order valence-corrected chi connectivity index (χ1v) is 7.06. The normalized spacial score (nSPS) is 20.8. The number of piperazine rings is 1. The van der Waals surface area contributed by atoms with Gasteiger partial charge in [0.1, 0.15) is 0 Å². The summed E-state index contributed by atoms with van der Waals surface area (Å²) in [5.74, 6) is 0.461. The number of H-pyrrole nitrogens is 1. The van der Waals surface area contributed by atoms with Crippen LogP contribution in [-0.2, 0) is 0 Å². The van der Waals surface area contributed by atoms with Crippen molar-refractivity contribution >= 4 is 11.6 Å². The first-order chi connectivity index (χ1) is 9.20. The van der Waals surface area contributed by atoms with Crippen molar-refractivity contribution in [3.63, 3.8) is 0 Å². The van der Waals surface area contributed by atoms with E-state index in [0.717, 1.165) is 51.3 Å². The van der Waals surface area contributed by atoms with Crippen molar-refractivity contribution in [1.29, 1.82) is 0 Å². The van der Waals surface area contributed by atoms with E-state index in [4.69, 9.17) is 5.73 Å². The van der Waals surface area contributed by atoms with Crippen LogP contribution in [0.3, 0.4) is 0 Å². The van der Waals surface area contributed by atoms with Crippen molar-refractivity contribution in [3.8, 4) is 0 Å². The number of anilines is 1. The molecule has 0 spiro atoms. The first kappa shape index (κ1) is 12.5. The second-order valence-electron chi connectivity index (χ2n) is 5.40. The Morgan fingerprint density at radius 3 is 2.63 bits per heavy atom. The predicted octanol–water partition coefficient (Wildman–Crippen LogP) is 0.647. The Hall–Kier alpha value is -1.56. The molecule has 3 rings (SSSR count). The van der Waals surface area contributed by atoms with E-state index in [9.17, 15) is 4.79 Å². The minimum atomic E-state index is -0.0311. The van der Waals surface area contributed by atoms with Crippen LogP contribution in [0.1, 0.15) is 41.9 Å². The molecule has 2 heterocycles. The third-order valence-corrected chi connectivity index (χ3v) is 4.13. The number of nitrogens with two attached hydrogens (primary N) is 1. The minimum Gasteiger partial charge on any atom is -0.395 e. The lowest BCUT2D eigenvalue weighted by atomic mass is 10.2. The van der Waals surface area contributed by atoms with Gasteiger partial charge in [0.2, 0.25) is 0 Å².